The molecular formula is C19H20F5N3O6. The number of rotatable bonds is 10. The zero-order chi connectivity index (χ0) is 23.8. The second-order valence-corrected chi connectivity index (χ2v) is 6.86. The number of aromatic nitrogens is 2. The van der Waals surface area contributed by atoms with Crippen LogP contribution in [-0.2, 0) is 20.4 Å². The predicted molar refractivity (Wildman–Crippen MR) is 98.5 cm³/mol. The molecule has 0 bridgehead atoms. The van der Waals surface area contributed by atoms with Crippen molar-refractivity contribution in [3.63, 3.8) is 0 Å². The average molecular weight is 481 g/mol. The molecule has 2 heterocycles. The Morgan fingerprint density at radius 2 is 1.88 bits per heavy atom. The van der Waals surface area contributed by atoms with E-state index in [1.54, 1.807) is 0 Å². The number of nitrogens with one attached hydrogen (secondary N) is 1. The highest BCUT2D eigenvalue weighted by atomic mass is 19.4. The smallest absolute Gasteiger partial charge is 0.416 e. The maximum Gasteiger partial charge on any atom is 0.416 e. The molecule has 1 saturated heterocycles. The van der Waals surface area contributed by atoms with Crippen LogP contribution >= 0.6 is 0 Å². The highest BCUT2D eigenvalue weighted by Crippen LogP contribution is 2.30. The maximum absolute atomic E-state index is 12.6. The van der Waals surface area contributed by atoms with Crippen molar-refractivity contribution in [3.8, 4) is 11.8 Å². The highest BCUT2D eigenvalue weighted by molar-refractivity contribution is 5.77. The first-order chi connectivity index (χ1) is 15.7. The molecule has 182 valence electrons. The Hall–Kier alpha value is -3.00. The third kappa shape index (κ3) is 7.82. The summed E-state index contributed by atoms with van der Waals surface area (Å²) in [6.07, 6.45) is -4.21. The molecule has 1 aromatic heterocycles. The quantitative estimate of drug-likeness (QED) is 0.408. The summed E-state index contributed by atoms with van der Waals surface area (Å²) >= 11 is 0. The van der Waals surface area contributed by atoms with Crippen molar-refractivity contribution in [1.29, 1.82) is 0 Å². The lowest BCUT2D eigenvalue weighted by molar-refractivity contribution is -0.137. The van der Waals surface area contributed by atoms with Crippen LogP contribution in [0.2, 0.25) is 0 Å². The minimum absolute atomic E-state index is 0.133. The summed E-state index contributed by atoms with van der Waals surface area (Å²) in [5.41, 5.74) is -0.811. The summed E-state index contributed by atoms with van der Waals surface area (Å²) < 4.78 is 86.6. The molecular weight excluding hydrogens is 461 g/mol. The van der Waals surface area contributed by atoms with E-state index in [1.807, 2.05) is 0 Å². The summed E-state index contributed by atoms with van der Waals surface area (Å²) in [7, 11) is 0. The summed E-state index contributed by atoms with van der Waals surface area (Å²) in [6.45, 7) is -3.66. The zero-order valence-electron chi connectivity index (χ0n) is 17.0. The molecule has 0 spiro atoms. The first-order valence-electron chi connectivity index (χ1n) is 9.77. The third-order valence-corrected chi connectivity index (χ3v) is 4.44. The van der Waals surface area contributed by atoms with E-state index in [4.69, 9.17) is 18.6 Å². The second kappa shape index (κ2) is 11.2. The molecule has 2 atom stereocenters. The van der Waals surface area contributed by atoms with Crippen molar-refractivity contribution >= 4 is 5.91 Å². The number of halogens is 5. The third-order valence-electron chi connectivity index (χ3n) is 4.44. The number of ether oxygens (including phenoxy) is 4. The van der Waals surface area contributed by atoms with Crippen LogP contribution in [-0.4, -0.2) is 55.2 Å². The topological polar surface area (TPSA) is 105 Å². The van der Waals surface area contributed by atoms with Crippen LogP contribution in [0.25, 0.3) is 0 Å². The number of carbonyl (C=O) groups is 1. The van der Waals surface area contributed by atoms with E-state index >= 15 is 0 Å². The molecule has 1 N–H and O–H groups in total. The molecule has 0 unspecified atom stereocenters. The van der Waals surface area contributed by atoms with Crippen LogP contribution in [0.3, 0.4) is 0 Å². The van der Waals surface area contributed by atoms with E-state index in [9.17, 15) is 26.7 Å². The fourth-order valence-corrected chi connectivity index (χ4v) is 2.89. The van der Waals surface area contributed by atoms with Gasteiger partial charge in [0.1, 0.15) is 18.5 Å². The molecule has 14 heteroatoms. The first kappa shape index (κ1) is 24.6. The van der Waals surface area contributed by atoms with Gasteiger partial charge in [-0.1, -0.05) is 5.10 Å². The lowest BCUT2D eigenvalue weighted by atomic mass is 10.1. The van der Waals surface area contributed by atoms with Crippen molar-refractivity contribution in [2.75, 3.05) is 26.4 Å². The zero-order valence-corrected chi connectivity index (χ0v) is 17.0. The summed E-state index contributed by atoms with van der Waals surface area (Å²) in [4.78, 5) is 12.0. The van der Waals surface area contributed by atoms with E-state index in [1.165, 1.54) is 0 Å². The fraction of sp³-hybridized carbons (Fsp3) is 0.526. The van der Waals surface area contributed by atoms with Gasteiger partial charge >= 0.3 is 18.9 Å². The van der Waals surface area contributed by atoms with Crippen LogP contribution in [0.5, 0.6) is 11.8 Å². The van der Waals surface area contributed by atoms with Crippen molar-refractivity contribution in [2.45, 2.75) is 37.8 Å². The molecule has 1 aliphatic heterocycles. The van der Waals surface area contributed by atoms with Gasteiger partial charge in [0.05, 0.1) is 24.8 Å². The molecule has 1 fully saturated rings. The Kier molecular flexibility index (Phi) is 8.38. The molecule has 1 aromatic carbocycles. The number of nitrogens with zero attached hydrogens (tertiary/aromatic N) is 2. The summed E-state index contributed by atoms with van der Waals surface area (Å²) in [5.74, 6) is -0.176. The van der Waals surface area contributed by atoms with Crippen LogP contribution in [0.1, 0.15) is 30.4 Å². The molecule has 0 aliphatic carbocycles. The number of hydrogen-bond acceptors (Lipinski definition) is 8. The first-order valence-corrected chi connectivity index (χ1v) is 9.77. The molecule has 9 nitrogen and oxygen atoms in total. The monoisotopic (exact) mass is 481 g/mol. The lowest BCUT2D eigenvalue weighted by Crippen LogP contribution is -2.43. The van der Waals surface area contributed by atoms with Gasteiger partial charge in [-0.25, -0.2) is 0 Å². The van der Waals surface area contributed by atoms with Gasteiger partial charge in [-0.2, -0.15) is 22.0 Å². The molecule has 2 aromatic rings. The minimum Gasteiger partial charge on any atom is -0.484 e. The predicted octanol–water partition coefficient (Wildman–Crippen LogP) is 3.12. The lowest BCUT2D eigenvalue weighted by Gasteiger charge is -2.27. The second-order valence-electron chi connectivity index (χ2n) is 6.86. The van der Waals surface area contributed by atoms with Gasteiger partial charge in [-0.05, 0) is 37.1 Å². The molecule has 33 heavy (non-hydrogen) atoms. The Bertz CT molecular complexity index is 885. The fourth-order valence-electron chi connectivity index (χ4n) is 2.89. The maximum atomic E-state index is 12.6. The van der Waals surface area contributed by atoms with E-state index in [0.717, 1.165) is 24.3 Å². The molecule has 3 rings (SSSR count). The van der Waals surface area contributed by atoms with E-state index in [-0.39, 0.29) is 50.2 Å². The van der Waals surface area contributed by atoms with E-state index < -0.39 is 30.4 Å². The molecule has 0 saturated carbocycles. The van der Waals surface area contributed by atoms with Crippen molar-refractivity contribution < 1.29 is 50.1 Å². The van der Waals surface area contributed by atoms with Gasteiger partial charge in [0, 0.05) is 0 Å². The standard InChI is InChI=1S/C19H20F5N3O6/c20-17(21)29-7-8-30-18-27-26-16(33-18)14-6-3-12(9-32-14)25-15(28)10-31-13-4-1-11(2-5-13)19(22,23)24/h1-2,4-5,12,14,17H,3,6-10H2,(H,25,28)/t12-,14+/m1/s1. The molecule has 1 amide bonds. The largest absolute Gasteiger partial charge is 0.484 e. The molecule has 1 aliphatic rings. The highest BCUT2D eigenvalue weighted by Gasteiger charge is 2.30. The Morgan fingerprint density at radius 3 is 2.52 bits per heavy atom. The number of amides is 1. The van der Waals surface area contributed by atoms with Crippen molar-refractivity contribution in [1.82, 2.24) is 15.5 Å². The van der Waals surface area contributed by atoms with Gasteiger partial charge in [0.2, 0.25) is 5.89 Å². The Labute approximate surface area is 184 Å². The molecule has 0 radical (unpaired) electrons. The van der Waals surface area contributed by atoms with Crippen LogP contribution in [0.4, 0.5) is 22.0 Å². The van der Waals surface area contributed by atoms with Gasteiger partial charge < -0.3 is 28.7 Å². The van der Waals surface area contributed by atoms with Gasteiger partial charge in [0.15, 0.2) is 6.61 Å². The van der Waals surface area contributed by atoms with E-state index in [0.29, 0.717) is 12.8 Å². The average Bonchev–Trinajstić information content (AvgIpc) is 3.24. The number of alkyl halides is 5. The summed E-state index contributed by atoms with van der Waals surface area (Å²) in [5, 5.41) is 10.1. The Balaban J connectivity index is 1.36. The number of carbonyl (C=O) groups excluding carboxylic acids is 1. The summed E-state index contributed by atoms with van der Waals surface area (Å²) in [6, 6.07) is 3.70. The number of hydrogen-bond donors (Lipinski definition) is 1. The van der Waals surface area contributed by atoms with Crippen LogP contribution in [0, 0.1) is 0 Å². The number of benzene rings is 1. The van der Waals surface area contributed by atoms with E-state index in [2.05, 4.69) is 20.3 Å². The normalized spacial score (nSPS) is 18.8. The minimum atomic E-state index is -4.45. The van der Waals surface area contributed by atoms with Gasteiger partial charge in [-0.15, -0.1) is 5.10 Å². The SMILES string of the molecule is O=C(COc1ccc(C(F)(F)F)cc1)N[C@@H]1CC[C@@H](c2nnc(OCCOC(F)F)o2)OC1. The van der Waals surface area contributed by atoms with Crippen LogP contribution < -0.4 is 14.8 Å². The van der Waals surface area contributed by atoms with Crippen molar-refractivity contribution in [2.24, 2.45) is 0 Å². The van der Waals surface area contributed by atoms with Gasteiger partial charge in [0.25, 0.3) is 5.91 Å². The van der Waals surface area contributed by atoms with Crippen LogP contribution in [0.15, 0.2) is 28.7 Å². The van der Waals surface area contributed by atoms with Gasteiger partial charge in [-0.3, -0.25) is 4.79 Å². The Morgan fingerprint density at radius 1 is 1.12 bits per heavy atom. The van der Waals surface area contributed by atoms with Crippen molar-refractivity contribution in [3.05, 3.63) is 35.7 Å².